The zero-order valence-electron chi connectivity index (χ0n) is 11.3. The van der Waals surface area contributed by atoms with E-state index < -0.39 is 0 Å². The van der Waals surface area contributed by atoms with Gasteiger partial charge < -0.3 is 9.32 Å². The summed E-state index contributed by atoms with van der Waals surface area (Å²) in [4.78, 5) is 14.6. The highest BCUT2D eigenvalue weighted by atomic mass is 16.3. The molecule has 1 aromatic heterocycles. The number of amides is 1. The molecule has 98 valence electrons. The number of benzene rings is 1. The standard InChI is InChI=1S/C16H17NO2/c1-11-10-19-12(2)15(11)16(18)17-9-5-7-13-6-3-4-8-14(13)17/h3-4,6,8,10H,5,7,9H2,1-2H3. The van der Waals surface area contributed by atoms with Gasteiger partial charge in [0.2, 0.25) is 0 Å². The Bertz CT molecular complexity index is 608. The molecule has 1 amide bonds. The van der Waals surface area contributed by atoms with Gasteiger partial charge in [-0.15, -0.1) is 0 Å². The minimum atomic E-state index is 0.0518. The van der Waals surface area contributed by atoms with Gasteiger partial charge in [0.05, 0.1) is 11.8 Å². The summed E-state index contributed by atoms with van der Waals surface area (Å²) in [7, 11) is 0. The summed E-state index contributed by atoms with van der Waals surface area (Å²) in [5, 5.41) is 0. The summed E-state index contributed by atoms with van der Waals surface area (Å²) in [6.45, 7) is 4.54. The Balaban J connectivity index is 2.03. The van der Waals surface area contributed by atoms with E-state index >= 15 is 0 Å². The van der Waals surface area contributed by atoms with Crippen LogP contribution in [0.15, 0.2) is 34.9 Å². The number of fused-ring (bicyclic) bond motifs is 1. The Kier molecular flexibility index (Phi) is 2.90. The lowest BCUT2D eigenvalue weighted by molar-refractivity contribution is 0.0983. The highest BCUT2D eigenvalue weighted by Crippen LogP contribution is 2.29. The van der Waals surface area contributed by atoms with Crippen molar-refractivity contribution < 1.29 is 9.21 Å². The summed E-state index contributed by atoms with van der Waals surface area (Å²) >= 11 is 0. The van der Waals surface area contributed by atoms with Gasteiger partial charge in [0.1, 0.15) is 5.76 Å². The van der Waals surface area contributed by atoms with Crippen LogP contribution >= 0.6 is 0 Å². The second-order valence-corrected chi connectivity index (χ2v) is 5.04. The van der Waals surface area contributed by atoms with Crippen LogP contribution in [0.1, 0.15) is 33.7 Å². The third-order valence-electron chi connectivity index (χ3n) is 3.73. The molecule has 0 bridgehead atoms. The fourth-order valence-electron chi connectivity index (χ4n) is 2.77. The molecule has 2 heterocycles. The Hall–Kier alpha value is -2.03. The summed E-state index contributed by atoms with van der Waals surface area (Å²) in [6.07, 6.45) is 3.71. The lowest BCUT2D eigenvalue weighted by atomic mass is 10.0. The van der Waals surface area contributed by atoms with Crippen LogP contribution in [0.25, 0.3) is 0 Å². The number of nitrogens with zero attached hydrogens (tertiary/aromatic N) is 1. The van der Waals surface area contributed by atoms with Gasteiger partial charge in [-0.2, -0.15) is 0 Å². The van der Waals surface area contributed by atoms with Crippen LogP contribution in [-0.4, -0.2) is 12.5 Å². The highest BCUT2D eigenvalue weighted by Gasteiger charge is 2.26. The van der Waals surface area contributed by atoms with Crippen molar-refractivity contribution in [3.8, 4) is 0 Å². The number of rotatable bonds is 1. The van der Waals surface area contributed by atoms with E-state index in [4.69, 9.17) is 4.42 Å². The van der Waals surface area contributed by atoms with E-state index in [0.29, 0.717) is 11.3 Å². The fourth-order valence-corrected chi connectivity index (χ4v) is 2.77. The molecular weight excluding hydrogens is 238 g/mol. The average molecular weight is 255 g/mol. The second kappa shape index (κ2) is 4.57. The van der Waals surface area contributed by atoms with Crippen LogP contribution < -0.4 is 4.90 Å². The number of carbonyl (C=O) groups is 1. The SMILES string of the molecule is Cc1coc(C)c1C(=O)N1CCCc2ccccc21. The van der Waals surface area contributed by atoms with E-state index in [1.807, 2.05) is 36.9 Å². The molecule has 3 heteroatoms. The molecule has 1 aromatic carbocycles. The van der Waals surface area contributed by atoms with Gasteiger partial charge >= 0.3 is 0 Å². The first-order valence-electron chi connectivity index (χ1n) is 6.63. The second-order valence-electron chi connectivity index (χ2n) is 5.04. The topological polar surface area (TPSA) is 33.5 Å². The van der Waals surface area contributed by atoms with Crippen molar-refractivity contribution >= 4 is 11.6 Å². The number of hydrogen-bond acceptors (Lipinski definition) is 2. The Morgan fingerprint density at radius 3 is 2.79 bits per heavy atom. The average Bonchev–Trinajstić information content (AvgIpc) is 2.77. The molecule has 3 nitrogen and oxygen atoms in total. The first-order chi connectivity index (χ1) is 9.18. The molecule has 0 radical (unpaired) electrons. The van der Waals surface area contributed by atoms with Crippen LogP contribution in [0.3, 0.4) is 0 Å². The molecule has 0 saturated heterocycles. The number of furan rings is 1. The Morgan fingerprint density at radius 2 is 2.05 bits per heavy atom. The molecule has 0 spiro atoms. The third kappa shape index (κ3) is 1.95. The first-order valence-corrected chi connectivity index (χ1v) is 6.63. The van der Waals surface area contributed by atoms with Crippen molar-refractivity contribution in [1.29, 1.82) is 0 Å². The molecule has 0 saturated carbocycles. The van der Waals surface area contributed by atoms with E-state index in [2.05, 4.69) is 6.07 Å². The number of carbonyl (C=O) groups excluding carboxylic acids is 1. The van der Waals surface area contributed by atoms with Gasteiger partial charge in [-0.1, -0.05) is 18.2 Å². The summed E-state index contributed by atoms with van der Waals surface area (Å²) < 4.78 is 5.35. The van der Waals surface area contributed by atoms with Crippen LogP contribution in [0.4, 0.5) is 5.69 Å². The minimum Gasteiger partial charge on any atom is -0.469 e. The Morgan fingerprint density at radius 1 is 1.26 bits per heavy atom. The van der Waals surface area contributed by atoms with Crippen molar-refractivity contribution in [2.45, 2.75) is 26.7 Å². The predicted molar refractivity (Wildman–Crippen MR) is 74.6 cm³/mol. The van der Waals surface area contributed by atoms with Gasteiger partial charge in [-0.3, -0.25) is 4.79 Å². The maximum absolute atomic E-state index is 12.7. The number of hydrogen-bond donors (Lipinski definition) is 0. The molecule has 3 rings (SSSR count). The number of aryl methyl sites for hydroxylation is 3. The fraction of sp³-hybridized carbons (Fsp3) is 0.312. The lowest BCUT2D eigenvalue weighted by Crippen LogP contribution is -2.35. The monoisotopic (exact) mass is 255 g/mol. The van der Waals surface area contributed by atoms with Gasteiger partial charge in [-0.05, 0) is 38.3 Å². The molecular formula is C16H17NO2. The quantitative estimate of drug-likeness (QED) is 0.781. The summed E-state index contributed by atoms with van der Waals surface area (Å²) in [6, 6.07) is 8.14. The van der Waals surface area contributed by atoms with Gasteiger partial charge in [0, 0.05) is 17.8 Å². The predicted octanol–water partition coefficient (Wildman–Crippen LogP) is 3.49. The minimum absolute atomic E-state index is 0.0518. The van der Waals surface area contributed by atoms with Gasteiger partial charge in [-0.25, -0.2) is 0 Å². The van der Waals surface area contributed by atoms with E-state index in [1.54, 1.807) is 6.26 Å². The first kappa shape index (κ1) is 12.0. The van der Waals surface area contributed by atoms with Gasteiger partial charge in [0.15, 0.2) is 0 Å². The molecule has 0 aliphatic carbocycles. The Labute approximate surface area is 112 Å². The molecule has 2 aromatic rings. The highest BCUT2D eigenvalue weighted by molar-refractivity contribution is 6.08. The van der Waals surface area contributed by atoms with E-state index in [1.165, 1.54) is 5.56 Å². The van der Waals surface area contributed by atoms with Gasteiger partial charge in [0.25, 0.3) is 5.91 Å². The molecule has 0 fully saturated rings. The van der Waals surface area contributed by atoms with E-state index in [-0.39, 0.29) is 5.91 Å². The van der Waals surface area contributed by atoms with E-state index in [0.717, 1.165) is 30.6 Å². The van der Waals surface area contributed by atoms with Crippen molar-refractivity contribution in [1.82, 2.24) is 0 Å². The number of para-hydroxylation sites is 1. The maximum atomic E-state index is 12.7. The summed E-state index contributed by atoms with van der Waals surface area (Å²) in [5.74, 6) is 0.751. The lowest BCUT2D eigenvalue weighted by Gasteiger charge is -2.29. The van der Waals surface area contributed by atoms with Crippen LogP contribution in [0.5, 0.6) is 0 Å². The van der Waals surface area contributed by atoms with Crippen LogP contribution in [0, 0.1) is 13.8 Å². The van der Waals surface area contributed by atoms with Crippen molar-refractivity contribution in [2.75, 3.05) is 11.4 Å². The normalized spacial score (nSPS) is 14.3. The summed E-state index contributed by atoms with van der Waals surface area (Å²) in [5.41, 5.74) is 3.90. The van der Waals surface area contributed by atoms with Crippen molar-refractivity contribution in [2.24, 2.45) is 0 Å². The molecule has 0 atom stereocenters. The zero-order valence-corrected chi connectivity index (χ0v) is 11.3. The van der Waals surface area contributed by atoms with E-state index in [9.17, 15) is 4.79 Å². The smallest absolute Gasteiger partial charge is 0.262 e. The molecule has 19 heavy (non-hydrogen) atoms. The molecule has 0 N–H and O–H groups in total. The molecule has 1 aliphatic rings. The maximum Gasteiger partial charge on any atom is 0.262 e. The third-order valence-corrected chi connectivity index (χ3v) is 3.73. The largest absolute Gasteiger partial charge is 0.469 e. The van der Waals surface area contributed by atoms with Crippen LogP contribution in [0.2, 0.25) is 0 Å². The molecule has 1 aliphatic heterocycles. The van der Waals surface area contributed by atoms with Crippen LogP contribution in [-0.2, 0) is 6.42 Å². The zero-order chi connectivity index (χ0) is 13.4. The van der Waals surface area contributed by atoms with Crippen molar-refractivity contribution in [3.63, 3.8) is 0 Å². The van der Waals surface area contributed by atoms with Crippen molar-refractivity contribution in [3.05, 3.63) is 53.0 Å². The molecule has 0 unspecified atom stereocenters. The number of anilines is 1.